The molecule has 0 aliphatic heterocycles. The fraction of sp³-hybridized carbons (Fsp3) is 0.545. The zero-order valence-electron chi connectivity index (χ0n) is 8.38. The van der Waals surface area contributed by atoms with E-state index in [0.717, 1.165) is 12.8 Å². The minimum absolute atomic E-state index is 0.363. The molecular formula is C11H15NO2. The molecule has 1 amide bonds. The van der Waals surface area contributed by atoms with Gasteiger partial charge in [0.05, 0.1) is 6.61 Å². The normalized spacial score (nSPS) is 25.1. The van der Waals surface area contributed by atoms with E-state index in [0.29, 0.717) is 13.0 Å². The number of amides is 1. The quantitative estimate of drug-likeness (QED) is 0.537. The Bertz CT molecular complexity index is 278. The number of hydrogen-bond acceptors (Lipinski definition) is 2. The largest absolute Gasteiger partial charge is 0.450 e. The van der Waals surface area contributed by atoms with Crippen molar-refractivity contribution in [2.75, 3.05) is 6.61 Å². The lowest BCUT2D eigenvalue weighted by atomic mass is 9.87. The molecule has 14 heavy (non-hydrogen) atoms. The van der Waals surface area contributed by atoms with Crippen LogP contribution in [0, 0.1) is 12.3 Å². The van der Waals surface area contributed by atoms with Gasteiger partial charge in [0.15, 0.2) is 0 Å². The summed E-state index contributed by atoms with van der Waals surface area (Å²) in [5, 5.41) is 2.73. The number of ether oxygens (including phenoxy) is 1. The van der Waals surface area contributed by atoms with Crippen molar-refractivity contribution >= 4 is 6.09 Å². The molecule has 0 spiro atoms. The van der Waals surface area contributed by atoms with Crippen LogP contribution in [0.15, 0.2) is 12.2 Å². The van der Waals surface area contributed by atoms with Crippen molar-refractivity contribution in [3.63, 3.8) is 0 Å². The van der Waals surface area contributed by atoms with Gasteiger partial charge in [0, 0.05) is 0 Å². The molecule has 0 saturated heterocycles. The standard InChI is InChI=1S/C11H15NO2/c1-3-11(8-6-5-7-9-11)12-10(13)14-4-2/h1,5-6H,4,7-9H2,2H3,(H,12,13). The Hall–Kier alpha value is -1.43. The summed E-state index contributed by atoms with van der Waals surface area (Å²) in [6.07, 6.45) is 11.4. The molecule has 1 atom stereocenters. The Balaban J connectivity index is 2.58. The number of carbonyl (C=O) groups excluding carboxylic acids is 1. The van der Waals surface area contributed by atoms with Gasteiger partial charge in [0.25, 0.3) is 0 Å². The Morgan fingerprint density at radius 1 is 1.71 bits per heavy atom. The number of hydrogen-bond donors (Lipinski definition) is 1. The van der Waals surface area contributed by atoms with E-state index in [2.05, 4.69) is 17.3 Å². The second kappa shape index (κ2) is 4.71. The molecular weight excluding hydrogens is 178 g/mol. The zero-order chi connectivity index (χ0) is 10.4. The summed E-state index contributed by atoms with van der Waals surface area (Å²) in [6, 6.07) is 0. The van der Waals surface area contributed by atoms with E-state index in [4.69, 9.17) is 11.2 Å². The van der Waals surface area contributed by atoms with Crippen LogP contribution in [0.4, 0.5) is 4.79 Å². The Morgan fingerprint density at radius 3 is 3.00 bits per heavy atom. The van der Waals surface area contributed by atoms with Crippen LogP contribution in [0.5, 0.6) is 0 Å². The van der Waals surface area contributed by atoms with Crippen molar-refractivity contribution in [2.45, 2.75) is 31.7 Å². The average Bonchev–Trinajstić information content (AvgIpc) is 2.19. The molecule has 1 N–H and O–H groups in total. The van der Waals surface area contributed by atoms with Crippen molar-refractivity contribution in [1.82, 2.24) is 5.32 Å². The molecule has 0 saturated carbocycles. The molecule has 1 aliphatic carbocycles. The highest BCUT2D eigenvalue weighted by Crippen LogP contribution is 2.22. The highest BCUT2D eigenvalue weighted by Gasteiger charge is 2.29. The molecule has 0 heterocycles. The molecule has 3 nitrogen and oxygen atoms in total. The third kappa shape index (κ3) is 2.53. The number of nitrogens with one attached hydrogen (secondary N) is 1. The SMILES string of the molecule is C#CC1(NC(=O)OCC)CC=CCC1. The van der Waals surface area contributed by atoms with Crippen molar-refractivity contribution < 1.29 is 9.53 Å². The summed E-state index contributed by atoms with van der Waals surface area (Å²) >= 11 is 0. The molecule has 1 aliphatic rings. The maximum atomic E-state index is 11.2. The van der Waals surface area contributed by atoms with E-state index in [1.807, 2.05) is 6.08 Å². The van der Waals surface area contributed by atoms with Crippen molar-refractivity contribution in [3.05, 3.63) is 12.2 Å². The molecule has 0 aromatic rings. The Kier molecular flexibility index (Phi) is 3.58. The molecule has 1 unspecified atom stereocenters. The zero-order valence-corrected chi connectivity index (χ0v) is 8.38. The van der Waals surface area contributed by atoms with Gasteiger partial charge in [-0.15, -0.1) is 6.42 Å². The van der Waals surface area contributed by atoms with E-state index in [1.54, 1.807) is 6.92 Å². The van der Waals surface area contributed by atoms with Gasteiger partial charge >= 0.3 is 6.09 Å². The van der Waals surface area contributed by atoms with E-state index < -0.39 is 11.6 Å². The lowest BCUT2D eigenvalue weighted by Crippen LogP contribution is -2.48. The molecule has 0 fully saturated rings. The maximum Gasteiger partial charge on any atom is 0.408 e. The van der Waals surface area contributed by atoms with Gasteiger partial charge in [0.1, 0.15) is 5.54 Å². The second-order valence-electron chi connectivity index (χ2n) is 3.29. The van der Waals surface area contributed by atoms with Gasteiger partial charge in [-0.3, -0.25) is 0 Å². The summed E-state index contributed by atoms with van der Waals surface area (Å²) < 4.78 is 4.80. The molecule has 0 radical (unpaired) electrons. The summed E-state index contributed by atoms with van der Waals surface area (Å²) in [5.41, 5.74) is -0.541. The van der Waals surface area contributed by atoms with Gasteiger partial charge in [-0.05, 0) is 26.2 Å². The lowest BCUT2D eigenvalue weighted by Gasteiger charge is -2.29. The number of alkyl carbamates (subject to hydrolysis) is 1. The number of allylic oxidation sites excluding steroid dienone is 1. The fourth-order valence-electron chi connectivity index (χ4n) is 1.48. The van der Waals surface area contributed by atoms with Crippen molar-refractivity contribution in [3.8, 4) is 12.3 Å². The van der Waals surface area contributed by atoms with Crippen LogP contribution in [0.3, 0.4) is 0 Å². The van der Waals surface area contributed by atoms with Crippen molar-refractivity contribution in [2.24, 2.45) is 0 Å². The number of terminal acetylenes is 1. The van der Waals surface area contributed by atoms with Crippen LogP contribution in [0.25, 0.3) is 0 Å². The average molecular weight is 193 g/mol. The summed E-state index contributed by atoms with van der Waals surface area (Å²) in [4.78, 5) is 11.2. The minimum atomic E-state index is -0.541. The third-order valence-electron chi connectivity index (χ3n) is 2.26. The minimum Gasteiger partial charge on any atom is -0.450 e. The van der Waals surface area contributed by atoms with E-state index in [1.165, 1.54) is 0 Å². The third-order valence-corrected chi connectivity index (χ3v) is 2.26. The maximum absolute atomic E-state index is 11.2. The first kappa shape index (κ1) is 10.6. The van der Waals surface area contributed by atoms with Gasteiger partial charge in [-0.25, -0.2) is 4.79 Å². The molecule has 1 rings (SSSR count). The van der Waals surface area contributed by atoms with Gasteiger partial charge in [-0.2, -0.15) is 0 Å². The fourth-order valence-corrected chi connectivity index (χ4v) is 1.48. The lowest BCUT2D eigenvalue weighted by molar-refractivity contribution is 0.142. The van der Waals surface area contributed by atoms with Crippen LogP contribution in [0.1, 0.15) is 26.2 Å². The first-order valence-electron chi connectivity index (χ1n) is 4.80. The molecule has 0 aromatic heterocycles. The predicted molar refractivity (Wildman–Crippen MR) is 54.7 cm³/mol. The molecule has 0 aromatic carbocycles. The molecule has 0 bridgehead atoms. The van der Waals surface area contributed by atoms with E-state index >= 15 is 0 Å². The highest BCUT2D eigenvalue weighted by molar-refractivity contribution is 5.69. The number of carbonyl (C=O) groups is 1. The Morgan fingerprint density at radius 2 is 2.50 bits per heavy atom. The summed E-state index contributed by atoms with van der Waals surface area (Å²) in [6.45, 7) is 2.13. The predicted octanol–water partition coefficient (Wildman–Crippen LogP) is 1.84. The first-order valence-corrected chi connectivity index (χ1v) is 4.80. The summed E-state index contributed by atoms with van der Waals surface area (Å²) in [7, 11) is 0. The molecule has 76 valence electrons. The van der Waals surface area contributed by atoms with E-state index in [-0.39, 0.29) is 0 Å². The summed E-state index contributed by atoms with van der Waals surface area (Å²) in [5.74, 6) is 2.64. The van der Waals surface area contributed by atoms with Crippen LogP contribution in [-0.4, -0.2) is 18.2 Å². The highest BCUT2D eigenvalue weighted by atomic mass is 16.5. The second-order valence-corrected chi connectivity index (χ2v) is 3.29. The topological polar surface area (TPSA) is 38.3 Å². The van der Waals surface area contributed by atoms with Crippen LogP contribution in [-0.2, 0) is 4.74 Å². The smallest absolute Gasteiger partial charge is 0.408 e. The van der Waals surface area contributed by atoms with Crippen LogP contribution >= 0.6 is 0 Å². The van der Waals surface area contributed by atoms with Gasteiger partial charge in [0.2, 0.25) is 0 Å². The van der Waals surface area contributed by atoms with Gasteiger partial charge < -0.3 is 10.1 Å². The monoisotopic (exact) mass is 193 g/mol. The molecule has 3 heteroatoms. The first-order chi connectivity index (χ1) is 6.72. The van der Waals surface area contributed by atoms with Gasteiger partial charge in [-0.1, -0.05) is 18.1 Å². The Labute approximate surface area is 84.5 Å². The van der Waals surface area contributed by atoms with Crippen molar-refractivity contribution in [1.29, 1.82) is 0 Å². The van der Waals surface area contributed by atoms with Crippen LogP contribution < -0.4 is 5.32 Å². The van der Waals surface area contributed by atoms with E-state index in [9.17, 15) is 4.79 Å². The number of rotatable bonds is 2. The van der Waals surface area contributed by atoms with Crippen LogP contribution in [0.2, 0.25) is 0 Å².